The highest BCUT2D eigenvalue weighted by Gasteiger charge is 2.52. The third-order valence-electron chi connectivity index (χ3n) is 10.2. The molecule has 0 amide bonds. The van der Waals surface area contributed by atoms with E-state index < -0.39 is 5.41 Å². The fraction of sp³-hybridized carbons (Fsp3) is 0.0233. The van der Waals surface area contributed by atoms with E-state index in [2.05, 4.69) is 34.1 Å². The first-order chi connectivity index (χ1) is 24.4. The topological polar surface area (TPSA) is 63.2 Å². The molecule has 1 aliphatic heterocycles. The van der Waals surface area contributed by atoms with E-state index in [-0.39, 0.29) is 17.1 Å². The van der Waals surface area contributed by atoms with Crippen LogP contribution in [-0.2, 0) is 5.41 Å². The van der Waals surface area contributed by atoms with E-state index in [1.807, 2.05) is 97.3 Å². The maximum absolute atomic E-state index is 13.8. The van der Waals surface area contributed by atoms with Crippen LogP contribution in [0.25, 0.3) is 28.1 Å². The number of Topliss-reactive ketones (excluding diaryl/α,β-unsaturated/α-hetero) is 2. The van der Waals surface area contributed by atoms with Crippen LogP contribution in [-0.4, -0.2) is 21.5 Å². The molecule has 10 rings (SSSR count). The minimum Gasteiger partial charge on any atom is -0.310 e. The predicted molar refractivity (Wildman–Crippen MR) is 198 cm³/mol. The number of hydrogen-bond donors (Lipinski definition) is 0. The van der Waals surface area contributed by atoms with Gasteiger partial charge in [-0.25, -0.2) is 0 Å². The van der Waals surface area contributed by atoms with E-state index in [4.69, 9.17) is 28.2 Å². The number of rotatable bonds is 2. The molecule has 0 bridgehead atoms. The first kappa shape index (κ1) is 29.1. The lowest BCUT2D eigenvalue weighted by Gasteiger charge is -2.44. The van der Waals surface area contributed by atoms with E-state index >= 15 is 0 Å². The van der Waals surface area contributed by atoms with Crippen molar-refractivity contribution in [2.45, 2.75) is 5.41 Å². The van der Waals surface area contributed by atoms with Crippen molar-refractivity contribution < 1.29 is 9.59 Å². The summed E-state index contributed by atoms with van der Waals surface area (Å²) in [4.78, 5) is 39.4. The Morgan fingerprint density at radius 2 is 1.28 bits per heavy atom. The average Bonchev–Trinajstić information content (AvgIpc) is 3.55. The van der Waals surface area contributed by atoms with Crippen LogP contribution in [0.15, 0.2) is 139 Å². The summed E-state index contributed by atoms with van der Waals surface area (Å²) in [5.74, 6) is -0.539. The molecule has 0 saturated carbocycles. The van der Waals surface area contributed by atoms with Gasteiger partial charge >= 0.3 is 0 Å². The van der Waals surface area contributed by atoms with Crippen LogP contribution in [0.4, 0.5) is 17.1 Å². The molecule has 3 aliphatic rings. The van der Waals surface area contributed by atoms with E-state index in [1.165, 1.54) is 0 Å². The third-order valence-corrected chi connectivity index (χ3v) is 10.6. The standard InChI is InChI=1S/C43H23Cl2N3O2/c44-27-20-28(45)22-29(21-27)48-38-12-11-24(16-33-41(49)31-18-25-6-1-2-7-26(25)19-32(31)42(33)50)17-36(38)43(37-23-46-15-13-39(37)48)34-9-4-3-8-30(34)40-35(43)10-5-14-47-40/h1-23H. The van der Waals surface area contributed by atoms with Gasteiger partial charge in [0.1, 0.15) is 0 Å². The summed E-state index contributed by atoms with van der Waals surface area (Å²) < 4.78 is 0. The Morgan fingerprint density at radius 1 is 0.600 bits per heavy atom. The molecule has 2 aromatic heterocycles. The van der Waals surface area contributed by atoms with Crippen LogP contribution in [0.1, 0.15) is 48.5 Å². The van der Waals surface area contributed by atoms with Gasteiger partial charge in [0.15, 0.2) is 11.6 Å². The number of nitrogens with zero attached hydrogens (tertiary/aromatic N) is 3. The first-order valence-electron chi connectivity index (χ1n) is 16.2. The smallest absolute Gasteiger partial charge is 0.197 e. The number of fused-ring (bicyclic) bond motifs is 11. The number of aromatic nitrogens is 2. The maximum Gasteiger partial charge on any atom is 0.197 e. The van der Waals surface area contributed by atoms with Crippen molar-refractivity contribution in [3.63, 3.8) is 0 Å². The summed E-state index contributed by atoms with van der Waals surface area (Å²) in [6, 6.07) is 37.5. The molecule has 3 heterocycles. The first-order valence-corrected chi connectivity index (χ1v) is 16.9. The van der Waals surface area contributed by atoms with Crippen molar-refractivity contribution in [2.75, 3.05) is 4.90 Å². The number of anilines is 3. The Kier molecular flexibility index (Phi) is 6.14. The molecule has 7 heteroatoms. The fourth-order valence-corrected chi connectivity index (χ4v) is 8.72. The minimum absolute atomic E-state index is 0.148. The summed E-state index contributed by atoms with van der Waals surface area (Å²) in [7, 11) is 0. The Labute approximate surface area is 297 Å². The molecule has 1 spiro atoms. The minimum atomic E-state index is -0.809. The van der Waals surface area contributed by atoms with Crippen molar-refractivity contribution in [2.24, 2.45) is 0 Å². The molecule has 0 N–H and O–H groups in total. The van der Waals surface area contributed by atoms with E-state index in [1.54, 1.807) is 18.3 Å². The number of carbonyl (C=O) groups is 2. The fourth-order valence-electron chi connectivity index (χ4n) is 8.20. The summed E-state index contributed by atoms with van der Waals surface area (Å²) in [5, 5.41) is 2.87. The number of pyridine rings is 2. The summed E-state index contributed by atoms with van der Waals surface area (Å²) in [6.07, 6.45) is 7.27. The maximum atomic E-state index is 13.8. The van der Waals surface area contributed by atoms with E-state index in [0.717, 1.165) is 66.9 Å². The van der Waals surface area contributed by atoms with Crippen LogP contribution in [0.2, 0.25) is 10.0 Å². The van der Waals surface area contributed by atoms with Crippen molar-refractivity contribution in [1.82, 2.24) is 9.97 Å². The predicted octanol–water partition coefficient (Wildman–Crippen LogP) is 10.5. The number of ketones is 2. The van der Waals surface area contributed by atoms with Gasteiger partial charge in [-0.3, -0.25) is 19.6 Å². The van der Waals surface area contributed by atoms with Gasteiger partial charge in [-0.1, -0.05) is 83.9 Å². The summed E-state index contributed by atoms with van der Waals surface area (Å²) >= 11 is 13.2. The quantitative estimate of drug-likeness (QED) is 0.134. The van der Waals surface area contributed by atoms with Crippen molar-refractivity contribution >= 4 is 68.7 Å². The summed E-state index contributed by atoms with van der Waals surface area (Å²) in [6.45, 7) is 0. The molecule has 236 valence electrons. The Bertz CT molecular complexity index is 2580. The van der Waals surface area contributed by atoms with Gasteiger partial charge in [0, 0.05) is 56.6 Å². The van der Waals surface area contributed by atoms with Gasteiger partial charge in [-0.2, -0.15) is 0 Å². The highest BCUT2D eigenvalue weighted by atomic mass is 35.5. The second-order valence-corrected chi connectivity index (χ2v) is 13.7. The number of carbonyl (C=O) groups excluding carboxylic acids is 2. The Balaban J connectivity index is 1.25. The second kappa shape index (κ2) is 10.6. The lowest BCUT2D eigenvalue weighted by atomic mass is 9.65. The third kappa shape index (κ3) is 3.90. The molecule has 0 fully saturated rings. The lowest BCUT2D eigenvalue weighted by molar-refractivity contribution is 0.0990. The number of hydrogen-bond acceptors (Lipinski definition) is 5. The number of halogens is 2. The van der Waals surface area contributed by atoms with E-state index in [0.29, 0.717) is 21.2 Å². The van der Waals surface area contributed by atoms with Gasteiger partial charge in [0.05, 0.1) is 28.1 Å². The van der Waals surface area contributed by atoms with Crippen LogP contribution in [0.5, 0.6) is 0 Å². The molecular weight excluding hydrogens is 661 g/mol. The molecular formula is C43H23Cl2N3O2. The number of allylic oxidation sites excluding steroid dienone is 1. The van der Waals surface area contributed by atoms with Gasteiger partial charge in [-0.15, -0.1) is 0 Å². The van der Waals surface area contributed by atoms with Crippen LogP contribution in [0, 0.1) is 0 Å². The van der Waals surface area contributed by atoms with Crippen LogP contribution in [0.3, 0.4) is 0 Å². The largest absolute Gasteiger partial charge is 0.310 e. The monoisotopic (exact) mass is 683 g/mol. The zero-order valence-corrected chi connectivity index (χ0v) is 27.7. The molecule has 1 atom stereocenters. The van der Waals surface area contributed by atoms with Crippen molar-refractivity contribution in [3.8, 4) is 11.3 Å². The SMILES string of the molecule is O=C1C(=Cc2ccc3c(c2)C2(c4ccccc4-c4ncccc42)c2cnccc2N3c2cc(Cl)cc(Cl)c2)C(=O)c2cc3ccccc3cc21. The van der Waals surface area contributed by atoms with Gasteiger partial charge < -0.3 is 4.90 Å². The molecule has 1 unspecified atom stereocenters. The normalized spacial score (nSPS) is 16.7. The van der Waals surface area contributed by atoms with Crippen LogP contribution < -0.4 is 4.90 Å². The highest BCUT2D eigenvalue weighted by molar-refractivity contribution is 6.42. The van der Waals surface area contributed by atoms with Gasteiger partial charge in [0.25, 0.3) is 0 Å². The molecule has 5 aromatic carbocycles. The Morgan fingerprint density at radius 3 is 2.04 bits per heavy atom. The van der Waals surface area contributed by atoms with E-state index in [9.17, 15) is 9.59 Å². The Hall–Kier alpha value is -5.88. The molecule has 7 aromatic rings. The molecule has 5 nitrogen and oxygen atoms in total. The van der Waals surface area contributed by atoms with Gasteiger partial charge in [0.2, 0.25) is 0 Å². The second-order valence-electron chi connectivity index (χ2n) is 12.8. The van der Waals surface area contributed by atoms with Crippen molar-refractivity contribution in [1.29, 1.82) is 0 Å². The summed E-state index contributed by atoms with van der Waals surface area (Å²) in [5.41, 5.74) is 9.48. The molecule has 0 saturated heterocycles. The average molecular weight is 685 g/mol. The zero-order chi connectivity index (χ0) is 33.7. The van der Waals surface area contributed by atoms with Crippen molar-refractivity contribution in [3.05, 3.63) is 188 Å². The molecule has 2 aliphatic carbocycles. The highest BCUT2D eigenvalue weighted by Crippen LogP contribution is 2.63. The molecule has 50 heavy (non-hydrogen) atoms. The van der Waals surface area contributed by atoms with Gasteiger partial charge in [-0.05, 0) is 93.7 Å². The molecule has 0 radical (unpaired) electrons. The van der Waals surface area contributed by atoms with Crippen LogP contribution >= 0.6 is 23.2 Å². The number of benzene rings is 5. The zero-order valence-electron chi connectivity index (χ0n) is 26.2. The lowest BCUT2D eigenvalue weighted by Crippen LogP contribution is -2.36.